The molecule has 0 saturated carbocycles. The van der Waals surface area contributed by atoms with Crippen LogP contribution in [-0.2, 0) is 16.0 Å². The minimum Gasteiger partial charge on any atom is -0.478 e. The van der Waals surface area contributed by atoms with Crippen LogP contribution in [0.15, 0.2) is 79.3 Å². The number of amides is 1. The van der Waals surface area contributed by atoms with E-state index in [1.165, 1.54) is 0 Å². The highest BCUT2D eigenvalue weighted by atomic mass is 16.4. The molecule has 7 heteroatoms. The number of carboxylic acid groups (broad SMARTS) is 1. The number of H-pyrrole nitrogens is 2. The van der Waals surface area contributed by atoms with Crippen molar-refractivity contribution >= 4 is 51.1 Å². The first-order valence-corrected chi connectivity index (χ1v) is 10.4. The lowest BCUT2D eigenvalue weighted by atomic mass is 10.0. The summed E-state index contributed by atoms with van der Waals surface area (Å²) < 4.78 is 0. The smallest absolute Gasteiger partial charge is 0.336 e. The molecule has 0 unspecified atom stereocenters. The summed E-state index contributed by atoms with van der Waals surface area (Å²) in [5.74, 6) is -1.18. The van der Waals surface area contributed by atoms with Crippen molar-refractivity contribution in [2.75, 3.05) is 5.32 Å². The Balaban J connectivity index is 1.42. The summed E-state index contributed by atoms with van der Waals surface area (Å²) in [7, 11) is 0. The minimum atomic E-state index is -1.02. The summed E-state index contributed by atoms with van der Waals surface area (Å²) in [4.78, 5) is 35.2. The number of carboxylic acids is 1. The summed E-state index contributed by atoms with van der Waals surface area (Å²) in [5, 5.41) is 14.3. The monoisotopic (exact) mass is 436 g/mol. The maximum absolute atomic E-state index is 12.7. The highest BCUT2D eigenvalue weighted by Crippen LogP contribution is 2.26. The van der Waals surface area contributed by atoms with E-state index in [9.17, 15) is 14.7 Å². The lowest BCUT2D eigenvalue weighted by Gasteiger charge is -2.06. The number of para-hydroxylation sites is 1. The van der Waals surface area contributed by atoms with Crippen LogP contribution < -0.4 is 5.32 Å². The Bertz CT molecular complexity index is 1510. The van der Waals surface area contributed by atoms with Gasteiger partial charge in [0.25, 0.3) is 0 Å². The number of pyridine rings is 1. The molecule has 0 atom stereocenters. The van der Waals surface area contributed by atoms with Crippen molar-refractivity contribution < 1.29 is 14.7 Å². The molecule has 0 aliphatic heterocycles. The number of rotatable bonds is 6. The zero-order valence-electron chi connectivity index (χ0n) is 17.5. The fourth-order valence-electron chi connectivity index (χ4n) is 3.91. The van der Waals surface area contributed by atoms with E-state index in [1.54, 1.807) is 48.8 Å². The third kappa shape index (κ3) is 4.12. The number of nitrogens with zero attached hydrogens (tertiary/aromatic N) is 1. The SMILES string of the molecule is O=C(Cc1c[nH]c2ccccc12)Nc1cnc2[nH]cc(/C=C(/C(=O)O)c3ccccc3)c2c1. The molecular weight excluding hydrogens is 416 g/mol. The molecule has 162 valence electrons. The number of carbonyl (C=O) groups excluding carboxylic acids is 1. The lowest BCUT2D eigenvalue weighted by molar-refractivity contribution is -0.130. The number of aromatic amines is 2. The van der Waals surface area contributed by atoms with Crippen molar-refractivity contribution in [1.82, 2.24) is 15.0 Å². The molecule has 0 spiro atoms. The van der Waals surface area contributed by atoms with Crippen LogP contribution in [0, 0.1) is 0 Å². The van der Waals surface area contributed by atoms with Gasteiger partial charge >= 0.3 is 5.97 Å². The molecule has 0 radical (unpaired) electrons. The van der Waals surface area contributed by atoms with Crippen LogP contribution >= 0.6 is 0 Å². The molecular formula is C26H20N4O3. The summed E-state index contributed by atoms with van der Waals surface area (Å²) >= 11 is 0. The number of fused-ring (bicyclic) bond motifs is 2. The lowest BCUT2D eigenvalue weighted by Crippen LogP contribution is -2.14. The summed E-state index contributed by atoms with van der Waals surface area (Å²) in [6.07, 6.45) is 6.96. The van der Waals surface area contributed by atoms with Gasteiger partial charge in [-0.05, 0) is 29.3 Å². The molecule has 4 N–H and O–H groups in total. The van der Waals surface area contributed by atoms with Gasteiger partial charge in [-0.25, -0.2) is 9.78 Å². The molecule has 0 aliphatic rings. The maximum atomic E-state index is 12.7. The number of aromatic nitrogens is 3. The normalized spacial score (nSPS) is 11.7. The third-order valence-electron chi connectivity index (χ3n) is 5.49. The molecule has 0 fully saturated rings. The molecule has 2 aromatic carbocycles. The van der Waals surface area contributed by atoms with E-state index in [-0.39, 0.29) is 17.9 Å². The van der Waals surface area contributed by atoms with Gasteiger partial charge in [0.1, 0.15) is 5.65 Å². The van der Waals surface area contributed by atoms with Gasteiger partial charge in [0, 0.05) is 34.2 Å². The van der Waals surface area contributed by atoms with Crippen molar-refractivity contribution in [2.24, 2.45) is 0 Å². The molecule has 0 bridgehead atoms. The van der Waals surface area contributed by atoms with Crippen LogP contribution in [0.5, 0.6) is 0 Å². The number of nitrogens with one attached hydrogen (secondary N) is 3. The fraction of sp³-hybridized carbons (Fsp3) is 0.0385. The van der Waals surface area contributed by atoms with Crippen molar-refractivity contribution in [3.8, 4) is 0 Å². The predicted molar refractivity (Wildman–Crippen MR) is 129 cm³/mol. The van der Waals surface area contributed by atoms with E-state index >= 15 is 0 Å². The maximum Gasteiger partial charge on any atom is 0.336 e. The first-order chi connectivity index (χ1) is 16.1. The summed E-state index contributed by atoms with van der Waals surface area (Å²) in [5.41, 5.74) is 4.50. The Morgan fingerprint density at radius 3 is 2.58 bits per heavy atom. The standard InChI is InChI=1S/C26H20N4O3/c31-24(11-18-13-27-23-9-5-4-8-20(18)23)30-19-12-21-17(14-28-25(21)29-15-19)10-22(26(32)33)16-6-2-1-3-7-16/h1-10,12-15,27H,11H2,(H,28,29)(H,30,31)(H,32,33)/b22-10+. The molecule has 5 aromatic rings. The highest BCUT2D eigenvalue weighted by Gasteiger charge is 2.14. The molecule has 0 saturated heterocycles. The van der Waals surface area contributed by atoms with Crippen LogP contribution in [0.25, 0.3) is 33.6 Å². The van der Waals surface area contributed by atoms with Crippen LogP contribution in [0.3, 0.4) is 0 Å². The molecule has 33 heavy (non-hydrogen) atoms. The van der Waals surface area contributed by atoms with Gasteiger partial charge in [0.15, 0.2) is 0 Å². The third-order valence-corrected chi connectivity index (χ3v) is 5.49. The first kappa shape index (κ1) is 20.3. The molecule has 1 amide bonds. The minimum absolute atomic E-state index is 0.163. The second-order valence-electron chi connectivity index (χ2n) is 7.68. The van der Waals surface area contributed by atoms with Gasteiger partial charge in [-0.3, -0.25) is 4.79 Å². The molecule has 7 nitrogen and oxygen atoms in total. The van der Waals surface area contributed by atoms with E-state index in [1.807, 2.05) is 36.5 Å². The second kappa shape index (κ2) is 8.47. The summed E-state index contributed by atoms with van der Waals surface area (Å²) in [6.45, 7) is 0. The second-order valence-corrected chi connectivity index (χ2v) is 7.68. The number of anilines is 1. The van der Waals surface area contributed by atoms with Crippen molar-refractivity contribution in [1.29, 1.82) is 0 Å². The van der Waals surface area contributed by atoms with Gasteiger partial charge in [-0.2, -0.15) is 0 Å². The van der Waals surface area contributed by atoms with Crippen LogP contribution in [-0.4, -0.2) is 31.9 Å². The quantitative estimate of drug-likeness (QED) is 0.285. The van der Waals surface area contributed by atoms with Crippen molar-refractivity contribution in [3.63, 3.8) is 0 Å². The van der Waals surface area contributed by atoms with E-state index in [2.05, 4.69) is 20.3 Å². The Hall–Kier alpha value is -4.65. The van der Waals surface area contributed by atoms with Crippen LogP contribution in [0.2, 0.25) is 0 Å². The molecule has 3 heterocycles. The number of hydrogen-bond acceptors (Lipinski definition) is 3. The van der Waals surface area contributed by atoms with Crippen molar-refractivity contribution in [3.05, 3.63) is 95.9 Å². The van der Waals surface area contributed by atoms with E-state index < -0.39 is 5.97 Å². The predicted octanol–water partition coefficient (Wildman–Crippen LogP) is 4.85. The number of benzene rings is 2. The Kier molecular flexibility index (Phi) is 5.20. The Labute approximate surface area is 188 Å². The van der Waals surface area contributed by atoms with Crippen LogP contribution in [0.4, 0.5) is 5.69 Å². The van der Waals surface area contributed by atoms with Gasteiger partial charge in [0.05, 0.1) is 23.9 Å². The first-order valence-electron chi connectivity index (χ1n) is 10.4. The van der Waals surface area contributed by atoms with E-state index in [4.69, 9.17) is 0 Å². The summed E-state index contributed by atoms with van der Waals surface area (Å²) in [6, 6.07) is 18.6. The fourth-order valence-corrected chi connectivity index (χ4v) is 3.91. The van der Waals surface area contributed by atoms with Gasteiger partial charge in [-0.15, -0.1) is 0 Å². The van der Waals surface area contributed by atoms with Gasteiger partial charge < -0.3 is 20.4 Å². The Morgan fingerprint density at radius 2 is 1.76 bits per heavy atom. The van der Waals surface area contributed by atoms with E-state index in [0.29, 0.717) is 22.5 Å². The molecule has 0 aliphatic carbocycles. The Morgan fingerprint density at radius 1 is 0.970 bits per heavy atom. The average Bonchev–Trinajstić information content (AvgIpc) is 3.41. The van der Waals surface area contributed by atoms with Gasteiger partial charge in [0.2, 0.25) is 5.91 Å². The number of hydrogen-bond donors (Lipinski definition) is 4. The molecule has 5 rings (SSSR count). The van der Waals surface area contributed by atoms with E-state index in [0.717, 1.165) is 21.9 Å². The topological polar surface area (TPSA) is 111 Å². The average molecular weight is 436 g/mol. The number of carbonyl (C=O) groups is 2. The zero-order chi connectivity index (χ0) is 22.8. The van der Waals surface area contributed by atoms with Crippen molar-refractivity contribution in [2.45, 2.75) is 6.42 Å². The van der Waals surface area contributed by atoms with Gasteiger partial charge in [-0.1, -0.05) is 48.5 Å². The largest absolute Gasteiger partial charge is 0.478 e. The van der Waals surface area contributed by atoms with Crippen LogP contribution in [0.1, 0.15) is 16.7 Å². The number of aliphatic carboxylic acids is 1. The molecule has 3 aromatic heterocycles. The zero-order valence-corrected chi connectivity index (χ0v) is 17.5. The highest BCUT2D eigenvalue weighted by molar-refractivity contribution is 6.21.